The van der Waals surface area contributed by atoms with E-state index in [4.69, 9.17) is 24.3 Å². The van der Waals surface area contributed by atoms with Gasteiger partial charge in [-0.05, 0) is 44.5 Å². The number of ether oxygens (including phenoxy) is 2. The first-order chi connectivity index (χ1) is 42.7. The maximum atomic E-state index is 15.1. The third-order valence-corrected chi connectivity index (χ3v) is 18.0. The average molecular weight is 1200 g/mol. The molecule has 10 aromatic rings. The zero-order valence-electron chi connectivity index (χ0n) is 47.0. The van der Waals surface area contributed by atoms with E-state index < -0.39 is 52.4 Å². The summed E-state index contributed by atoms with van der Waals surface area (Å²) in [6, 6.07) is 78.4. The lowest BCUT2D eigenvalue weighted by Gasteiger charge is -2.49. The van der Waals surface area contributed by atoms with Gasteiger partial charge in [-0.2, -0.15) is 0 Å². The van der Waals surface area contributed by atoms with Crippen LogP contribution in [0.5, 0.6) is 0 Å². The van der Waals surface area contributed by atoms with E-state index in [0.717, 1.165) is 33.4 Å². The highest BCUT2D eigenvalue weighted by Gasteiger charge is 2.55. The minimum Gasteiger partial charge on any atom is -0.461 e. The number of benzene rings is 8. The number of fused-ring (bicyclic) bond motifs is 1. The lowest BCUT2D eigenvalue weighted by atomic mass is 9.77. The summed E-state index contributed by atoms with van der Waals surface area (Å²) in [6.45, 7) is 0.886. The normalized spacial score (nSPS) is 15.0. The van der Waals surface area contributed by atoms with Gasteiger partial charge in [-0.15, -0.1) is 34.4 Å². The van der Waals surface area contributed by atoms with Gasteiger partial charge in [-0.1, -0.05) is 248 Å². The van der Waals surface area contributed by atoms with Gasteiger partial charge in [-0.3, -0.25) is 19.3 Å². The molecule has 12 rings (SSSR count). The molecular formula is C70H57N7O7S3. The number of hydrogen-bond acceptors (Lipinski definition) is 15. The largest absolute Gasteiger partial charge is 0.461 e. The highest BCUT2D eigenvalue weighted by atomic mass is 32.2. The fourth-order valence-electron chi connectivity index (χ4n) is 11.0. The number of amides is 2. The second-order valence-electron chi connectivity index (χ2n) is 20.5. The van der Waals surface area contributed by atoms with Gasteiger partial charge in [0.25, 0.3) is 11.8 Å². The Morgan fingerprint density at radius 2 is 0.989 bits per heavy atom. The molecule has 0 aliphatic carbocycles. The summed E-state index contributed by atoms with van der Waals surface area (Å²) in [6.07, 6.45) is -0.838. The Balaban J connectivity index is 0.865. The van der Waals surface area contributed by atoms with Crippen LogP contribution in [0.15, 0.2) is 270 Å². The van der Waals surface area contributed by atoms with Gasteiger partial charge in [0, 0.05) is 29.0 Å². The number of nitrogens with zero attached hydrogens (tertiary/aromatic N) is 4. The summed E-state index contributed by atoms with van der Waals surface area (Å²) >= 11 is 4.00. The van der Waals surface area contributed by atoms with Gasteiger partial charge in [0.2, 0.25) is 0 Å². The second-order valence-corrected chi connectivity index (χ2v) is 23.4. The van der Waals surface area contributed by atoms with Gasteiger partial charge >= 0.3 is 11.9 Å². The summed E-state index contributed by atoms with van der Waals surface area (Å²) in [7, 11) is 0. The van der Waals surface area contributed by atoms with E-state index in [9.17, 15) is 14.4 Å². The predicted molar refractivity (Wildman–Crippen MR) is 341 cm³/mol. The molecule has 1 fully saturated rings. The predicted octanol–water partition coefficient (Wildman–Crippen LogP) is 12.9. The van der Waals surface area contributed by atoms with Gasteiger partial charge in [0.1, 0.15) is 40.5 Å². The molecule has 1 saturated heterocycles. The van der Waals surface area contributed by atoms with E-state index >= 15 is 4.79 Å². The molecule has 0 radical (unpaired) electrons. The van der Waals surface area contributed by atoms with Crippen molar-refractivity contribution in [2.45, 2.75) is 42.1 Å². The number of hydrogen-bond donors (Lipinski definition) is 3. The summed E-state index contributed by atoms with van der Waals surface area (Å²) in [4.78, 5) is 74.2. The van der Waals surface area contributed by atoms with Crippen molar-refractivity contribution < 1.29 is 33.5 Å². The molecule has 432 valence electrons. The highest BCUT2D eigenvalue weighted by Crippen LogP contribution is 2.44. The molecule has 87 heavy (non-hydrogen) atoms. The maximum Gasteiger partial charge on any atom is 0.356 e. The van der Waals surface area contributed by atoms with Crippen molar-refractivity contribution in [1.82, 2.24) is 20.2 Å². The van der Waals surface area contributed by atoms with Crippen molar-refractivity contribution in [2.75, 3.05) is 23.0 Å². The Morgan fingerprint density at radius 3 is 1.43 bits per heavy atom. The maximum absolute atomic E-state index is 15.1. The number of β-lactam (4-membered cyclic amide) rings is 1. The molecule has 2 atom stereocenters. The monoisotopic (exact) mass is 1200 g/mol. The smallest absolute Gasteiger partial charge is 0.356 e. The fraction of sp³-hybridized carbons (Fsp3) is 0.129. The van der Waals surface area contributed by atoms with Crippen LogP contribution >= 0.6 is 34.4 Å². The molecular weight excluding hydrogens is 1150 g/mol. The van der Waals surface area contributed by atoms with Crippen LogP contribution in [-0.2, 0) is 51.2 Å². The second kappa shape index (κ2) is 26.1. The lowest BCUT2D eigenvalue weighted by molar-refractivity contribution is -0.154. The molecule has 2 amide bonds. The van der Waals surface area contributed by atoms with Crippen molar-refractivity contribution in [1.29, 1.82) is 0 Å². The number of thiazole rings is 2. The van der Waals surface area contributed by atoms with Gasteiger partial charge < -0.3 is 30.3 Å². The standard InChI is InChI=1S/C70H57N7O7S3/c1-47(78)82-42-50-44-85-65-60(64(80)77(65)61(50)66(81)84-62(48-26-10-2-11-27-48)49-28-12-3-13-29-49)73-63(79)59(58-46-87-68(72-58)75-70(54-36-20-7-21-37-54,55-38-22-8-23-39-55)56-40-24-9-25-41-56)76-83-43-57-45-86-67(71-57)74-69(51-30-14-4-15-31-51,52-32-16-5-17-33-52)53-34-18-6-19-35-53/h2-41,45-46,60,62,65H,42-44H2,1H3,(H,71,74)(H,72,75)(H,73,79)/t60?,65-/m0/s1. The Bertz CT molecular complexity index is 3830. The van der Waals surface area contributed by atoms with Gasteiger partial charge in [0.15, 0.2) is 28.7 Å². The number of carbonyl (C=O) groups is 4. The quantitative estimate of drug-likeness (QED) is 0.0193. The van der Waals surface area contributed by atoms with E-state index in [-0.39, 0.29) is 36.1 Å². The summed E-state index contributed by atoms with van der Waals surface area (Å²) in [5.74, 6) is -2.50. The van der Waals surface area contributed by atoms with Crippen LogP contribution in [0.1, 0.15) is 68.9 Å². The minimum absolute atomic E-state index is 0.0517. The Hall–Kier alpha value is -9.94. The number of esters is 2. The number of anilines is 2. The van der Waals surface area contributed by atoms with Crippen LogP contribution in [0.3, 0.4) is 0 Å². The van der Waals surface area contributed by atoms with Crippen LogP contribution in [0, 0.1) is 0 Å². The van der Waals surface area contributed by atoms with Crippen molar-refractivity contribution >= 4 is 74.2 Å². The number of thioether (sulfide) groups is 1. The molecule has 0 spiro atoms. The Labute approximate surface area is 515 Å². The molecule has 8 aromatic carbocycles. The van der Waals surface area contributed by atoms with Crippen LogP contribution in [0.4, 0.5) is 10.3 Å². The number of carbonyl (C=O) groups excluding carboxylic acids is 4. The first kappa shape index (κ1) is 57.5. The molecule has 14 nitrogen and oxygen atoms in total. The topological polar surface area (TPSA) is 173 Å². The summed E-state index contributed by atoms with van der Waals surface area (Å²) in [5, 5.41) is 19.0. The average Bonchev–Trinajstić information content (AvgIpc) is 1.41. The fourth-order valence-corrected chi connectivity index (χ4v) is 13.9. The van der Waals surface area contributed by atoms with Gasteiger partial charge in [0.05, 0.1) is 5.69 Å². The van der Waals surface area contributed by atoms with E-state index in [1.165, 1.54) is 46.3 Å². The van der Waals surface area contributed by atoms with Crippen LogP contribution < -0.4 is 16.0 Å². The summed E-state index contributed by atoms with van der Waals surface area (Å²) < 4.78 is 11.7. The SMILES string of the molecule is CC(=O)OCC1=C(C(=O)OC(c2ccccc2)c2ccccc2)N2C(=O)C(NC(=O)C(=NOCc3csc(NC(c4ccccc4)(c4ccccc4)c4ccccc4)n3)c3csc(NC(c4ccccc4)(c4ccccc4)c4ccccc4)n3)[C@@H]2SC1. The highest BCUT2D eigenvalue weighted by molar-refractivity contribution is 8.00. The number of rotatable bonds is 22. The van der Waals surface area contributed by atoms with Crippen molar-refractivity contribution in [3.63, 3.8) is 0 Å². The van der Waals surface area contributed by atoms with E-state index in [0.29, 0.717) is 32.7 Å². The molecule has 2 aromatic heterocycles. The van der Waals surface area contributed by atoms with E-state index in [1.54, 1.807) is 5.38 Å². The molecule has 0 saturated carbocycles. The Kier molecular flexibility index (Phi) is 17.3. The van der Waals surface area contributed by atoms with Gasteiger partial charge in [-0.25, -0.2) is 14.8 Å². The molecule has 4 heterocycles. The molecule has 0 bridgehead atoms. The van der Waals surface area contributed by atoms with Crippen LogP contribution in [0.25, 0.3) is 0 Å². The first-order valence-corrected chi connectivity index (χ1v) is 30.9. The molecule has 1 unspecified atom stereocenters. The third-order valence-electron chi connectivity index (χ3n) is 15.1. The zero-order valence-corrected chi connectivity index (χ0v) is 49.4. The van der Waals surface area contributed by atoms with E-state index in [1.807, 2.05) is 175 Å². The number of aromatic nitrogens is 2. The van der Waals surface area contributed by atoms with Crippen LogP contribution in [0.2, 0.25) is 0 Å². The molecule has 2 aliphatic rings. The minimum atomic E-state index is -1.13. The molecule has 3 N–H and O–H groups in total. The van der Waals surface area contributed by atoms with Crippen molar-refractivity contribution in [3.8, 4) is 0 Å². The zero-order chi connectivity index (χ0) is 59.6. The van der Waals surface area contributed by atoms with Crippen LogP contribution in [-0.4, -0.2) is 68.1 Å². The van der Waals surface area contributed by atoms with E-state index in [2.05, 4.69) is 93.9 Å². The third kappa shape index (κ3) is 12.1. The summed E-state index contributed by atoms with van der Waals surface area (Å²) in [5.41, 5.74) is 6.34. The van der Waals surface area contributed by atoms with Crippen molar-refractivity contribution in [3.05, 3.63) is 321 Å². The molecule has 17 heteroatoms. The lowest BCUT2D eigenvalue weighted by Crippen LogP contribution is -2.71. The first-order valence-electron chi connectivity index (χ1n) is 28.1. The Morgan fingerprint density at radius 1 is 0.575 bits per heavy atom. The number of nitrogens with one attached hydrogen (secondary N) is 3. The number of oxime groups is 1. The van der Waals surface area contributed by atoms with Crippen molar-refractivity contribution in [2.24, 2.45) is 5.16 Å². The molecule has 2 aliphatic heterocycles.